The van der Waals surface area contributed by atoms with E-state index in [0.717, 1.165) is 0 Å². The maximum Gasteiger partial charge on any atom is 0.256 e. The van der Waals surface area contributed by atoms with Crippen molar-refractivity contribution in [1.29, 1.82) is 0 Å². The van der Waals surface area contributed by atoms with Gasteiger partial charge in [-0.15, -0.1) is 0 Å². The van der Waals surface area contributed by atoms with Crippen LogP contribution in [0.2, 0.25) is 0 Å². The molecule has 1 rings (SSSR count). The molecule has 0 saturated carbocycles. The third-order valence-electron chi connectivity index (χ3n) is 5.60. The van der Waals surface area contributed by atoms with E-state index in [2.05, 4.69) is 49.2 Å². The minimum Gasteiger partial charge on any atom is -0.234 e. The van der Waals surface area contributed by atoms with E-state index in [4.69, 9.17) is 0 Å². The van der Waals surface area contributed by atoms with Crippen molar-refractivity contribution in [3.05, 3.63) is 18.2 Å². The molecule has 1 aromatic heterocycles. The largest absolute Gasteiger partial charge is 0.256 e. The number of aromatic nitrogens is 2. The molecular formula is C24H47N2+. The van der Waals surface area contributed by atoms with Crippen LogP contribution in [0.15, 0.2) is 12.4 Å². The molecule has 0 bridgehead atoms. The molecule has 0 aliphatic heterocycles. The summed E-state index contributed by atoms with van der Waals surface area (Å²) in [6.45, 7) is 10.4. The van der Waals surface area contributed by atoms with Gasteiger partial charge in [-0.25, -0.2) is 9.13 Å². The van der Waals surface area contributed by atoms with Gasteiger partial charge in [0.1, 0.15) is 12.4 Å². The second-order valence-electron chi connectivity index (χ2n) is 8.40. The summed E-state index contributed by atoms with van der Waals surface area (Å²) in [6.07, 6.45) is 25.4. The van der Waals surface area contributed by atoms with Gasteiger partial charge in [0.15, 0.2) is 0 Å². The first-order valence-electron chi connectivity index (χ1n) is 11.8. The summed E-state index contributed by atoms with van der Waals surface area (Å²) >= 11 is 0. The molecule has 1 heterocycles. The van der Waals surface area contributed by atoms with Crippen LogP contribution in [0.1, 0.15) is 129 Å². The van der Waals surface area contributed by atoms with Gasteiger partial charge in [0.05, 0.1) is 12.6 Å². The van der Waals surface area contributed by atoms with Crippen molar-refractivity contribution in [2.24, 2.45) is 0 Å². The van der Waals surface area contributed by atoms with Crippen LogP contribution >= 0.6 is 0 Å². The molecule has 2 heteroatoms. The van der Waals surface area contributed by atoms with Crippen molar-refractivity contribution in [1.82, 2.24) is 4.57 Å². The molecule has 0 aromatic carbocycles. The molecule has 0 aliphatic rings. The maximum absolute atomic E-state index is 2.54. The number of hydrogen-bond donors (Lipinski definition) is 0. The first kappa shape index (κ1) is 23.2. The van der Waals surface area contributed by atoms with Crippen LogP contribution in [0.25, 0.3) is 0 Å². The Hall–Kier alpha value is -0.790. The van der Waals surface area contributed by atoms with Crippen LogP contribution in [0, 0.1) is 0 Å². The summed E-state index contributed by atoms with van der Waals surface area (Å²) in [5.41, 5.74) is 0. The molecule has 0 spiro atoms. The highest BCUT2D eigenvalue weighted by molar-refractivity contribution is 4.86. The predicted octanol–water partition coefficient (Wildman–Crippen LogP) is 7.40. The predicted molar refractivity (Wildman–Crippen MR) is 115 cm³/mol. The minimum absolute atomic E-state index is 0.574. The molecular weight excluding hydrogens is 316 g/mol. The number of nitrogens with zero attached hydrogens (tertiary/aromatic N) is 2. The van der Waals surface area contributed by atoms with Crippen molar-refractivity contribution in [3.8, 4) is 0 Å². The van der Waals surface area contributed by atoms with Gasteiger partial charge in [-0.1, -0.05) is 84.5 Å². The Balaban J connectivity index is 2.32. The number of imidazole rings is 1. The zero-order valence-corrected chi connectivity index (χ0v) is 18.4. The van der Waals surface area contributed by atoms with Crippen molar-refractivity contribution in [2.45, 2.75) is 137 Å². The van der Waals surface area contributed by atoms with E-state index in [1.165, 1.54) is 103 Å². The maximum atomic E-state index is 2.54. The Morgan fingerprint density at radius 3 is 1.77 bits per heavy atom. The van der Waals surface area contributed by atoms with Gasteiger partial charge >= 0.3 is 0 Å². The summed E-state index contributed by atoms with van der Waals surface area (Å²) < 4.78 is 5.04. The SMILES string of the molecule is CCCCCCCCCC[n+]1ccn(C(C)C)c1CCCCCCCC. The average molecular weight is 364 g/mol. The highest BCUT2D eigenvalue weighted by atomic mass is 15.2. The van der Waals surface area contributed by atoms with Crippen LogP contribution in [0.3, 0.4) is 0 Å². The zero-order chi connectivity index (χ0) is 19.0. The van der Waals surface area contributed by atoms with E-state index >= 15 is 0 Å². The van der Waals surface area contributed by atoms with Gasteiger partial charge in [0.2, 0.25) is 0 Å². The summed E-state index contributed by atoms with van der Waals surface area (Å²) in [5.74, 6) is 1.55. The smallest absolute Gasteiger partial charge is 0.234 e. The lowest BCUT2D eigenvalue weighted by atomic mass is 10.1. The van der Waals surface area contributed by atoms with E-state index in [1.54, 1.807) is 5.82 Å². The van der Waals surface area contributed by atoms with Crippen LogP contribution < -0.4 is 4.57 Å². The highest BCUT2D eigenvalue weighted by Gasteiger charge is 2.18. The molecule has 26 heavy (non-hydrogen) atoms. The van der Waals surface area contributed by atoms with Gasteiger partial charge in [-0.3, -0.25) is 0 Å². The third kappa shape index (κ3) is 9.78. The quantitative estimate of drug-likeness (QED) is 0.201. The Labute approximate surface area is 164 Å². The van der Waals surface area contributed by atoms with Crippen LogP contribution in [0.4, 0.5) is 0 Å². The highest BCUT2D eigenvalue weighted by Crippen LogP contribution is 2.13. The summed E-state index contributed by atoms with van der Waals surface area (Å²) in [4.78, 5) is 0. The van der Waals surface area contributed by atoms with Gasteiger partial charge in [-0.2, -0.15) is 0 Å². The second kappa shape index (κ2) is 15.3. The van der Waals surface area contributed by atoms with Crippen molar-refractivity contribution in [2.75, 3.05) is 0 Å². The third-order valence-corrected chi connectivity index (χ3v) is 5.60. The normalized spacial score (nSPS) is 11.6. The van der Waals surface area contributed by atoms with E-state index in [0.29, 0.717) is 6.04 Å². The second-order valence-corrected chi connectivity index (χ2v) is 8.40. The molecule has 152 valence electrons. The fourth-order valence-corrected chi connectivity index (χ4v) is 3.90. The molecule has 0 aliphatic carbocycles. The van der Waals surface area contributed by atoms with E-state index in [9.17, 15) is 0 Å². The van der Waals surface area contributed by atoms with E-state index in [1.807, 2.05) is 0 Å². The molecule has 0 N–H and O–H groups in total. The van der Waals surface area contributed by atoms with Gasteiger partial charge in [0, 0.05) is 6.42 Å². The topological polar surface area (TPSA) is 8.81 Å². The molecule has 1 aromatic rings. The van der Waals surface area contributed by atoms with Crippen molar-refractivity contribution >= 4 is 0 Å². The van der Waals surface area contributed by atoms with Crippen molar-refractivity contribution in [3.63, 3.8) is 0 Å². The zero-order valence-electron chi connectivity index (χ0n) is 18.4. The van der Waals surface area contributed by atoms with Gasteiger partial charge < -0.3 is 0 Å². The number of hydrogen-bond acceptors (Lipinski definition) is 0. The monoisotopic (exact) mass is 363 g/mol. The molecule has 0 atom stereocenters. The lowest BCUT2D eigenvalue weighted by Crippen LogP contribution is -2.37. The van der Waals surface area contributed by atoms with Gasteiger partial charge in [0.25, 0.3) is 5.82 Å². The van der Waals surface area contributed by atoms with Crippen molar-refractivity contribution < 1.29 is 4.57 Å². The van der Waals surface area contributed by atoms with Gasteiger partial charge in [-0.05, 0) is 33.1 Å². The molecule has 0 radical (unpaired) electrons. The fraction of sp³-hybridized carbons (Fsp3) is 0.875. The molecule has 0 unspecified atom stereocenters. The summed E-state index contributed by atoms with van der Waals surface area (Å²) in [5, 5.41) is 0. The summed E-state index contributed by atoms with van der Waals surface area (Å²) in [7, 11) is 0. The molecule has 0 amide bonds. The van der Waals surface area contributed by atoms with Crippen LogP contribution in [0.5, 0.6) is 0 Å². The molecule has 2 nitrogen and oxygen atoms in total. The van der Waals surface area contributed by atoms with E-state index in [-0.39, 0.29) is 0 Å². The summed E-state index contributed by atoms with van der Waals surface area (Å²) in [6, 6.07) is 0.574. The van der Waals surface area contributed by atoms with Crippen LogP contribution in [-0.4, -0.2) is 4.57 Å². The first-order chi connectivity index (χ1) is 12.7. The number of aryl methyl sites for hydroxylation is 1. The fourth-order valence-electron chi connectivity index (χ4n) is 3.90. The number of unbranched alkanes of at least 4 members (excludes halogenated alkanes) is 12. The van der Waals surface area contributed by atoms with Crippen LogP contribution in [-0.2, 0) is 13.0 Å². The standard InChI is InChI=1S/C24H47N2/c1-5-7-9-11-13-14-16-18-20-25-21-22-26(23(3)4)24(25)19-17-15-12-10-8-6-2/h21-23H,5-20H2,1-4H3/q+1. The molecule has 0 saturated heterocycles. The number of rotatable bonds is 17. The Bertz CT molecular complexity index is 433. The molecule has 0 fully saturated rings. The Kier molecular flexibility index (Phi) is 13.7. The Morgan fingerprint density at radius 1 is 0.731 bits per heavy atom. The average Bonchev–Trinajstić information content (AvgIpc) is 3.03. The first-order valence-corrected chi connectivity index (χ1v) is 11.8. The lowest BCUT2D eigenvalue weighted by molar-refractivity contribution is -0.704. The Morgan fingerprint density at radius 2 is 1.23 bits per heavy atom. The minimum atomic E-state index is 0.574. The van der Waals surface area contributed by atoms with E-state index < -0.39 is 0 Å². The lowest BCUT2D eigenvalue weighted by Gasteiger charge is -2.08.